The highest BCUT2D eigenvalue weighted by molar-refractivity contribution is 14.1. The number of rotatable bonds is 6. The lowest BCUT2D eigenvalue weighted by molar-refractivity contribution is -0.149. The van der Waals surface area contributed by atoms with Crippen LogP contribution in [0.5, 0.6) is 5.75 Å². The molecule has 0 bridgehead atoms. The zero-order valence-corrected chi connectivity index (χ0v) is 13.9. The van der Waals surface area contributed by atoms with Crippen LogP contribution in [0.4, 0.5) is 0 Å². The summed E-state index contributed by atoms with van der Waals surface area (Å²) < 4.78 is 11.1. The molecular formula is C14H18INO4. The van der Waals surface area contributed by atoms with E-state index in [2.05, 4.69) is 27.3 Å². The van der Waals surface area contributed by atoms with E-state index < -0.39 is 5.97 Å². The molecule has 110 valence electrons. The van der Waals surface area contributed by atoms with Crippen molar-refractivity contribution in [3.63, 3.8) is 0 Å². The number of halogens is 1. The number of nitrogens with zero attached hydrogens (tertiary/aromatic N) is 1. The molecule has 0 fully saturated rings. The number of carbonyl (C=O) groups excluding carboxylic acids is 2. The van der Waals surface area contributed by atoms with E-state index in [1.807, 2.05) is 26.0 Å². The highest BCUT2D eigenvalue weighted by Crippen LogP contribution is 2.13. The summed E-state index contributed by atoms with van der Waals surface area (Å²) in [5.74, 6) is -0.0641. The van der Waals surface area contributed by atoms with Crippen molar-refractivity contribution in [1.29, 1.82) is 0 Å². The van der Waals surface area contributed by atoms with Gasteiger partial charge in [-0.2, -0.15) is 0 Å². The second kappa shape index (κ2) is 8.08. The number of carbonyl (C=O) groups is 2. The summed E-state index contributed by atoms with van der Waals surface area (Å²) in [4.78, 5) is 24.8. The predicted molar refractivity (Wildman–Crippen MR) is 83.5 cm³/mol. The van der Waals surface area contributed by atoms with Crippen LogP contribution in [0, 0.1) is 3.57 Å². The summed E-state index contributed by atoms with van der Waals surface area (Å²) >= 11 is 2.19. The SMILES string of the molecule is COC(=O)CN(C(=O)COc1ccc(I)cc1)C(C)C. The van der Waals surface area contributed by atoms with Crippen LogP contribution in [0.15, 0.2) is 24.3 Å². The highest BCUT2D eigenvalue weighted by atomic mass is 127. The fourth-order valence-electron chi connectivity index (χ4n) is 1.52. The molecule has 0 aromatic heterocycles. The number of esters is 1. The van der Waals surface area contributed by atoms with Crippen LogP contribution in [-0.4, -0.2) is 43.1 Å². The number of hydrogen-bond donors (Lipinski definition) is 0. The lowest BCUT2D eigenvalue weighted by Crippen LogP contribution is -2.43. The third-order valence-corrected chi connectivity index (χ3v) is 3.37. The Kier molecular flexibility index (Phi) is 6.77. The van der Waals surface area contributed by atoms with Gasteiger partial charge in [0.2, 0.25) is 0 Å². The lowest BCUT2D eigenvalue weighted by atomic mass is 10.3. The molecule has 0 N–H and O–H groups in total. The molecule has 20 heavy (non-hydrogen) atoms. The standard InChI is InChI=1S/C14H18INO4/c1-10(2)16(8-14(18)19-3)13(17)9-20-12-6-4-11(15)5-7-12/h4-7,10H,8-9H2,1-3H3. The Labute approximate surface area is 132 Å². The first-order chi connectivity index (χ1) is 9.43. The number of benzene rings is 1. The number of ether oxygens (including phenoxy) is 2. The monoisotopic (exact) mass is 391 g/mol. The van der Waals surface area contributed by atoms with Gasteiger partial charge in [-0.1, -0.05) is 0 Å². The summed E-state index contributed by atoms with van der Waals surface area (Å²) in [7, 11) is 1.30. The molecule has 1 aromatic carbocycles. The number of methoxy groups -OCH3 is 1. The minimum absolute atomic E-state index is 0.0664. The van der Waals surface area contributed by atoms with Crippen molar-refractivity contribution in [3.8, 4) is 5.75 Å². The Bertz CT molecular complexity index is 459. The summed E-state index contributed by atoms with van der Waals surface area (Å²) in [5, 5.41) is 0. The second-order valence-electron chi connectivity index (χ2n) is 4.43. The molecule has 0 aliphatic rings. The van der Waals surface area contributed by atoms with Gasteiger partial charge in [0.15, 0.2) is 6.61 Å². The van der Waals surface area contributed by atoms with Gasteiger partial charge in [-0.15, -0.1) is 0 Å². The third-order valence-electron chi connectivity index (χ3n) is 2.65. The van der Waals surface area contributed by atoms with Gasteiger partial charge >= 0.3 is 5.97 Å². The minimum Gasteiger partial charge on any atom is -0.484 e. The van der Waals surface area contributed by atoms with Crippen molar-refractivity contribution < 1.29 is 19.1 Å². The fraction of sp³-hybridized carbons (Fsp3) is 0.429. The summed E-state index contributed by atoms with van der Waals surface area (Å²) in [6.07, 6.45) is 0. The molecule has 5 nitrogen and oxygen atoms in total. The normalized spacial score (nSPS) is 10.2. The largest absolute Gasteiger partial charge is 0.484 e. The quantitative estimate of drug-likeness (QED) is 0.551. The molecule has 0 saturated heterocycles. The molecular weight excluding hydrogens is 373 g/mol. The minimum atomic E-state index is -0.443. The Morgan fingerprint density at radius 2 is 1.85 bits per heavy atom. The average molecular weight is 391 g/mol. The van der Waals surface area contributed by atoms with Crippen LogP contribution in [0.25, 0.3) is 0 Å². The molecule has 0 heterocycles. The van der Waals surface area contributed by atoms with Gasteiger partial charge in [-0.05, 0) is 60.7 Å². The van der Waals surface area contributed by atoms with Gasteiger partial charge in [0, 0.05) is 9.61 Å². The Morgan fingerprint density at radius 1 is 1.25 bits per heavy atom. The first-order valence-electron chi connectivity index (χ1n) is 6.18. The van der Waals surface area contributed by atoms with Crippen molar-refractivity contribution in [1.82, 2.24) is 4.90 Å². The maximum absolute atomic E-state index is 12.1. The molecule has 0 aliphatic carbocycles. The van der Waals surface area contributed by atoms with E-state index in [0.717, 1.165) is 3.57 Å². The second-order valence-corrected chi connectivity index (χ2v) is 5.68. The zero-order chi connectivity index (χ0) is 15.1. The molecule has 1 rings (SSSR count). The third kappa shape index (κ3) is 5.36. The van der Waals surface area contributed by atoms with Crippen molar-refractivity contribution in [2.45, 2.75) is 19.9 Å². The molecule has 6 heteroatoms. The average Bonchev–Trinajstić information content (AvgIpc) is 2.43. The van der Waals surface area contributed by atoms with Crippen LogP contribution in [0.2, 0.25) is 0 Å². The summed E-state index contributed by atoms with van der Waals surface area (Å²) in [6, 6.07) is 7.30. The molecule has 1 amide bonds. The first-order valence-corrected chi connectivity index (χ1v) is 7.26. The number of hydrogen-bond acceptors (Lipinski definition) is 4. The van der Waals surface area contributed by atoms with Crippen molar-refractivity contribution in [3.05, 3.63) is 27.8 Å². The number of amides is 1. The zero-order valence-electron chi connectivity index (χ0n) is 11.8. The van der Waals surface area contributed by atoms with Crippen LogP contribution < -0.4 is 4.74 Å². The lowest BCUT2D eigenvalue weighted by Gasteiger charge is -2.25. The van der Waals surface area contributed by atoms with Gasteiger partial charge in [0.25, 0.3) is 5.91 Å². The van der Waals surface area contributed by atoms with E-state index in [1.165, 1.54) is 12.0 Å². The summed E-state index contributed by atoms with van der Waals surface area (Å²) in [6.45, 7) is 3.51. The van der Waals surface area contributed by atoms with Crippen LogP contribution in [-0.2, 0) is 14.3 Å². The van der Waals surface area contributed by atoms with E-state index in [0.29, 0.717) is 5.75 Å². The molecule has 0 unspecified atom stereocenters. The van der Waals surface area contributed by atoms with Crippen LogP contribution >= 0.6 is 22.6 Å². The van der Waals surface area contributed by atoms with Crippen molar-refractivity contribution >= 4 is 34.5 Å². The van der Waals surface area contributed by atoms with Gasteiger partial charge in [0.05, 0.1) is 7.11 Å². The molecule has 0 saturated carbocycles. The first kappa shape index (κ1) is 16.7. The van der Waals surface area contributed by atoms with Crippen LogP contribution in [0.3, 0.4) is 0 Å². The van der Waals surface area contributed by atoms with E-state index in [-0.39, 0.29) is 25.1 Å². The summed E-state index contributed by atoms with van der Waals surface area (Å²) in [5.41, 5.74) is 0. The maximum atomic E-state index is 12.1. The highest BCUT2D eigenvalue weighted by Gasteiger charge is 2.20. The predicted octanol–water partition coefficient (Wildman–Crippen LogP) is 2.08. The van der Waals surface area contributed by atoms with Crippen molar-refractivity contribution in [2.24, 2.45) is 0 Å². The van der Waals surface area contributed by atoms with Crippen LogP contribution in [0.1, 0.15) is 13.8 Å². The van der Waals surface area contributed by atoms with Gasteiger partial charge in [0.1, 0.15) is 12.3 Å². The smallest absolute Gasteiger partial charge is 0.325 e. The topological polar surface area (TPSA) is 55.8 Å². The van der Waals surface area contributed by atoms with Crippen molar-refractivity contribution in [2.75, 3.05) is 20.3 Å². The van der Waals surface area contributed by atoms with E-state index in [4.69, 9.17) is 4.74 Å². The molecule has 1 aromatic rings. The van der Waals surface area contributed by atoms with E-state index in [1.54, 1.807) is 12.1 Å². The molecule has 0 spiro atoms. The Balaban J connectivity index is 2.57. The maximum Gasteiger partial charge on any atom is 0.325 e. The Hall–Kier alpha value is -1.31. The van der Waals surface area contributed by atoms with E-state index >= 15 is 0 Å². The molecule has 0 aliphatic heterocycles. The van der Waals surface area contributed by atoms with Gasteiger partial charge < -0.3 is 14.4 Å². The fourth-order valence-corrected chi connectivity index (χ4v) is 1.88. The molecule has 0 radical (unpaired) electrons. The van der Waals surface area contributed by atoms with Gasteiger partial charge in [-0.3, -0.25) is 9.59 Å². The molecule has 0 atom stereocenters. The van der Waals surface area contributed by atoms with Gasteiger partial charge in [-0.25, -0.2) is 0 Å². The Morgan fingerprint density at radius 3 is 2.35 bits per heavy atom. The van der Waals surface area contributed by atoms with E-state index in [9.17, 15) is 9.59 Å².